The van der Waals surface area contributed by atoms with E-state index in [0.717, 1.165) is 16.5 Å². The Hall–Kier alpha value is -2.34. The molecule has 0 spiro atoms. The molecule has 0 aliphatic heterocycles. The monoisotopic (exact) mass is 225 g/mol. The molecule has 1 aromatic carbocycles. The minimum absolute atomic E-state index is 0.340. The first-order valence-corrected chi connectivity index (χ1v) is 5.33. The third-order valence-corrected chi connectivity index (χ3v) is 2.19. The third kappa shape index (κ3) is 2.82. The molecule has 0 aliphatic carbocycles. The highest BCUT2D eigenvalue weighted by molar-refractivity contribution is 5.89. The largest absolute Gasteiger partial charge is 0.456 e. The number of aromatic nitrogens is 1. The van der Waals surface area contributed by atoms with Gasteiger partial charge in [-0.1, -0.05) is 18.1 Å². The van der Waals surface area contributed by atoms with E-state index in [1.807, 2.05) is 30.3 Å². The third-order valence-electron chi connectivity index (χ3n) is 2.19. The molecular formula is C14H11NO2. The van der Waals surface area contributed by atoms with Crippen molar-refractivity contribution in [1.29, 1.82) is 0 Å². The standard InChI is InChI=1S/C14H11NO2/c1-2-17-14(16)8-6-11-5-7-12-4-3-9-15-13(12)10-11/h3-5,7,9-10H,2H2,1H3. The van der Waals surface area contributed by atoms with Crippen molar-refractivity contribution in [1.82, 2.24) is 4.98 Å². The predicted molar refractivity (Wildman–Crippen MR) is 65.3 cm³/mol. The van der Waals surface area contributed by atoms with Crippen LogP contribution in [0.25, 0.3) is 10.9 Å². The highest BCUT2D eigenvalue weighted by Crippen LogP contribution is 2.12. The second-order valence-electron chi connectivity index (χ2n) is 3.38. The SMILES string of the molecule is CCOC(=O)C#Cc1ccc2cccnc2c1. The molecule has 1 heterocycles. The Morgan fingerprint density at radius 1 is 1.41 bits per heavy atom. The van der Waals surface area contributed by atoms with Crippen LogP contribution in [0.2, 0.25) is 0 Å². The summed E-state index contributed by atoms with van der Waals surface area (Å²) in [6.45, 7) is 2.09. The van der Waals surface area contributed by atoms with Crippen LogP contribution in [0.1, 0.15) is 12.5 Å². The van der Waals surface area contributed by atoms with Gasteiger partial charge in [-0.3, -0.25) is 4.98 Å². The Morgan fingerprint density at radius 3 is 3.12 bits per heavy atom. The van der Waals surface area contributed by atoms with E-state index in [9.17, 15) is 4.79 Å². The van der Waals surface area contributed by atoms with Gasteiger partial charge in [0.1, 0.15) is 0 Å². The van der Waals surface area contributed by atoms with E-state index >= 15 is 0 Å². The highest BCUT2D eigenvalue weighted by atomic mass is 16.5. The first-order valence-electron chi connectivity index (χ1n) is 5.33. The lowest BCUT2D eigenvalue weighted by atomic mass is 10.1. The molecule has 0 amide bonds. The van der Waals surface area contributed by atoms with Crippen molar-refractivity contribution in [2.24, 2.45) is 0 Å². The first-order chi connectivity index (χ1) is 8.29. The quantitative estimate of drug-likeness (QED) is 0.551. The molecule has 0 bridgehead atoms. The number of carbonyl (C=O) groups excluding carboxylic acids is 1. The van der Waals surface area contributed by atoms with E-state index in [1.165, 1.54) is 0 Å². The first kappa shape index (κ1) is 11.2. The Morgan fingerprint density at radius 2 is 2.29 bits per heavy atom. The summed E-state index contributed by atoms with van der Waals surface area (Å²) in [7, 11) is 0. The summed E-state index contributed by atoms with van der Waals surface area (Å²) < 4.78 is 4.72. The summed E-state index contributed by atoms with van der Waals surface area (Å²) in [5, 5.41) is 1.05. The fourth-order valence-electron chi connectivity index (χ4n) is 1.43. The number of esters is 1. The lowest BCUT2D eigenvalue weighted by Gasteiger charge is -1.96. The molecule has 3 nitrogen and oxygen atoms in total. The Kier molecular flexibility index (Phi) is 3.37. The van der Waals surface area contributed by atoms with Crippen LogP contribution in [0.15, 0.2) is 36.5 Å². The summed E-state index contributed by atoms with van der Waals surface area (Å²) in [6, 6.07) is 9.49. The van der Waals surface area contributed by atoms with Crippen molar-refractivity contribution in [2.45, 2.75) is 6.92 Å². The van der Waals surface area contributed by atoms with Gasteiger partial charge in [0.05, 0.1) is 12.1 Å². The maximum Gasteiger partial charge on any atom is 0.384 e. The molecular weight excluding hydrogens is 214 g/mol. The van der Waals surface area contributed by atoms with Gasteiger partial charge >= 0.3 is 5.97 Å². The van der Waals surface area contributed by atoms with Crippen LogP contribution >= 0.6 is 0 Å². The number of carbonyl (C=O) groups is 1. The molecule has 0 saturated heterocycles. The van der Waals surface area contributed by atoms with Crippen molar-refractivity contribution < 1.29 is 9.53 Å². The van der Waals surface area contributed by atoms with E-state index in [-0.39, 0.29) is 0 Å². The second kappa shape index (κ2) is 5.13. The molecule has 0 atom stereocenters. The number of benzene rings is 1. The average Bonchev–Trinajstić information content (AvgIpc) is 2.36. The van der Waals surface area contributed by atoms with Crippen molar-refractivity contribution in [3.63, 3.8) is 0 Å². The highest BCUT2D eigenvalue weighted by Gasteiger charge is 1.96. The van der Waals surface area contributed by atoms with Crippen LogP contribution in [0, 0.1) is 11.8 Å². The summed E-state index contributed by atoms with van der Waals surface area (Å²) >= 11 is 0. The van der Waals surface area contributed by atoms with E-state index < -0.39 is 5.97 Å². The zero-order valence-corrected chi connectivity index (χ0v) is 9.43. The van der Waals surface area contributed by atoms with Crippen LogP contribution in [-0.4, -0.2) is 17.6 Å². The van der Waals surface area contributed by atoms with Crippen LogP contribution < -0.4 is 0 Å². The summed E-state index contributed by atoms with van der Waals surface area (Å²) in [6.07, 6.45) is 1.73. The van der Waals surface area contributed by atoms with Gasteiger partial charge < -0.3 is 4.74 Å². The molecule has 2 rings (SSSR count). The van der Waals surface area contributed by atoms with Gasteiger partial charge in [0.15, 0.2) is 0 Å². The molecule has 0 N–H and O–H groups in total. The van der Waals surface area contributed by atoms with Gasteiger partial charge in [0.25, 0.3) is 0 Å². The fourth-order valence-corrected chi connectivity index (χ4v) is 1.43. The molecule has 0 saturated carbocycles. The van der Waals surface area contributed by atoms with Crippen molar-refractivity contribution >= 4 is 16.9 Å². The van der Waals surface area contributed by atoms with Crippen molar-refractivity contribution in [3.05, 3.63) is 42.1 Å². The van der Waals surface area contributed by atoms with Gasteiger partial charge in [0.2, 0.25) is 0 Å². The van der Waals surface area contributed by atoms with E-state index in [0.29, 0.717) is 6.61 Å². The number of ether oxygens (including phenoxy) is 1. The summed E-state index contributed by atoms with van der Waals surface area (Å²) in [5.74, 6) is 4.68. The minimum atomic E-state index is -0.506. The average molecular weight is 225 g/mol. The molecule has 2 aromatic rings. The number of rotatable bonds is 1. The van der Waals surface area contributed by atoms with Crippen LogP contribution in [0.3, 0.4) is 0 Å². The lowest BCUT2D eigenvalue weighted by molar-refractivity contribution is -0.136. The normalized spacial score (nSPS) is 9.47. The number of pyridine rings is 1. The molecule has 1 aromatic heterocycles. The predicted octanol–water partition coefficient (Wildman–Crippen LogP) is 2.15. The fraction of sp³-hybridized carbons (Fsp3) is 0.143. The maximum absolute atomic E-state index is 11.1. The number of nitrogens with zero attached hydrogens (tertiary/aromatic N) is 1. The number of hydrogen-bond acceptors (Lipinski definition) is 3. The van der Waals surface area contributed by atoms with E-state index in [4.69, 9.17) is 4.74 Å². The van der Waals surface area contributed by atoms with Crippen LogP contribution in [0.4, 0.5) is 0 Å². The molecule has 3 heteroatoms. The molecule has 0 radical (unpaired) electrons. The zero-order chi connectivity index (χ0) is 12.1. The molecule has 0 unspecified atom stereocenters. The van der Waals surface area contributed by atoms with Crippen LogP contribution in [0.5, 0.6) is 0 Å². The van der Waals surface area contributed by atoms with E-state index in [1.54, 1.807) is 13.1 Å². The topological polar surface area (TPSA) is 39.2 Å². The van der Waals surface area contributed by atoms with Gasteiger partial charge in [0, 0.05) is 23.1 Å². The van der Waals surface area contributed by atoms with Gasteiger partial charge in [-0.2, -0.15) is 0 Å². The lowest BCUT2D eigenvalue weighted by Crippen LogP contribution is -1.99. The van der Waals surface area contributed by atoms with Gasteiger partial charge in [-0.25, -0.2) is 4.79 Å². The molecule has 17 heavy (non-hydrogen) atoms. The maximum atomic E-state index is 11.1. The summed E-state index contributed by atoms with van der Waals surface area (Å²) in [5.41, 5.74) is 1.62. The molecule has 0 aliphatic rings. The molecule has 84 valence electrons. The molecule has 0 fully saturated rings. The van der Waals surface area contributed by atoms with Gasteiger partial charge in [-0.05, 0) is 25.1 Å². The second-order valence-corrected chi connectivity index (χ2v) is 3.38. The smallest absolute Gasteiger partial charge is 0.384 e. The van der Waals surface area contributed by atoms with Gasteiger partial charge in [-0.15, -0.1) is 0 Å². The number of hydrogen-bond donors (Lipinski definition) is 0. The van der Waals surface area contributed by atoms with Crippen molar-refractivity contribution in [3.8, 4) is 11.8 Å². The Labute approximate surface area is 99.4 Å². The van der Waals surface area contributed by atoms with Crippen molar-refractivity contribution in [2.75, 3.05) is 6.61 Å². The Bertz CT molecular complexity index is 608. The van der Waals surface area contributed by atoms with Crippen LogP contribution in [-0.2, 0) is 9.53 Å². The van der Waals surface area contributed by atoms with E-state index in [2.05, 4.69) is 16.8 Å². The Balaban J connectivity index is 2.28. The minimum Gasteiger partial charge on any atom is -0.456 e. The zero-order valence-electron chi connectivity index (χ0n) is 9.43. The number of fused-ring (bicyclic) bond motifs is 1. The summed E-state index contributed by atoms with van der Waals surface area (Å²) in [4.78, 5) is 15.3.